The Morgan fingerprint density at radius 2 is 1.83 bits per heavy atom. The van der Waals surface area contributed by atoms with E-state index in [1.807, 2.05) is 6.92 Å². The average molecular weight is 523 g/mol. The second-order valence-corrected chi connectivity index (χ2v) is 11.1. The van der Waals surface area contributed by atoms with Crippen molar-refractivity contribution in [3.63, 3.8) is 0 Å². The van der Waals surface area contributed by atoms with Crippen LogP contribution in [0.1, 0.15) is 24.2 Å². The van der Waals surface area contributed by atoms with Gasteiger partial charge in [0, 0.05) is 30.9 Å². The second kappa shape index (κ2) is 11.2. The minimum atomic E-state index is -3.46. The van der Waals surface area contributed by atoms with Crippen LogP contribution in [0.15, 0.2) is 42.5 Å². The van der Waals surface area contributed by atoms with Crippen LogP contribution in [0.3, 0.4) is 0 Å². The van der Waals surface area contributed by atoms with Crippen molar-refractivity contribution in [3.05, 3.63) is 53.8 Å². The van der Waals surface area contributed by atoms with E-state index in [9.17, 15) is 27.5 Å². The molecule has 0 spiro atoms. The summed E-state index contributed by atoms with van der Waals surface area (Å²) in [4.78, 5) is 27.4. The smallest absolute Gasteiger partial charge is 0.323 e. The van der Waals surface area contributed by atoms with E-state index in [0.29, 0.717) is 11.4 Å². The standard InChI is InChI=1S/C24H31FN4O6S/c1-15-12-29(16(2)14-30)23(31)20-11-19(27-24(32)26-18-7-5-17(25)6-8-18)9-10-21(20)35-22(15)13-28(3)36(4,33)34/h5-11,15-16,22,30H,12-14H2,1-4H3,(H2,26,27,32)/t15-,16+,22-/m0/s1. The Kier molecular flexibility index (Phi) is 8.54. The molecule has 1 heterocycles. The number of carbonyl (C=O) groups is 2. The summed E-state index contributed by atoms with van der Waals surface area (Å²) < 4.78 is 44.4. The Labute approximate surface area is 210 Å². The number of hydrogen-bond acceptors (Lipinski definition) is 6. The van der Waals surface area contributed by atoms with Crippen molar-refractivity contribution in [1.29, 1.82) is 0 Å². The molecule has 0 aromatic heterocycles. The monoisotopic (exact) mass is 522 g/mol. The predicted molar refractivity (Wildman–Crippen MR) is 134 cm³/mol. The first-order valence-electron chi connectivity index (χ1n) is 11.4. The molecule has 1 aliphatic rings. The molecule has 0 radical (unpaired) electrons. The summed E-state index contributed by atoms with van der Waals surface area (Å²) in [7, 11) is -2.00. The third-order valence-corrected chi connectivity index (χ3v) is 7.31. The molecule has 0 fully saturated rings. The topological polar surface area (TPSA) is 128 Å². The highest BCUT2D eigenvalue weighted by Gasteiger charge is 2.34. The second-order valence-electron chi connectivity index (χ2n) is 8.96. The molecule has 10 nitrogen and oxygen atoms in total. The third-order valence-electron chi connectivity index (χ3n) is 6.03. The zero-order chi connectivity index (χ0) is 26.6. The van der Waals surface area contributed by atoms with E-state index in [-0.39, 0.29) is 36.9 Å². The Morgan fingerprint density at radius 1 is 1.22 bits per heavy atom. The first-order chi connectivity index (χ1) is 16.9. The lowest BCUT2D eigenvalue weighted by Crippen LogP contribution is -2.50. The number of benzene rings is 2. The summed E-state index contributed by atoms with van der Waals surface area (Å²) in [6.45, 7) is 3.59. The molecule has 1 aliphatic heterocycles. The van der Waals surface area contributed by atoms with Gasteiger partial charge in [0.05, 0.1) is 31.0 Å². The SMILES string of the molecule is C[C@H](CO)N1C[C@H](C)[C@H](CN(C)S(C)(=O)=O)Oc2ccc(NC(=O)Nc3ccc(F)cc3)cc2C1=O. The van der Waals surface area contributed by atoms with E-state index in [1.165, 1.54) is 52.7 Å². The fourth-order valence-corrected chi connectivity index (χ4v) is 4.15. The largest absolute Gasteiger partial charge is 0.488 e. The van der Waals surface area contributed by atoms with Gasteiger partial charge in [0.2, 0.25) is 10.0 Å². The summed E-state index contributed by atoms with van der Waals surface area (Å²) in [5, 5.41) is 15.0. The van der Waals surface area contributed by atoms with Gasteiger partial charge in [0.25, 0.3) is 5.91 Å². The molecule has 0 saturated heterocycles. The number of urea groups is 1. The number of hydrogen-bond donors (Lipinski definition) is 3. The predicted octanol–water partition coefficient (Wildman–Crippen LogP) is 2.58. The van der Waals surface area contributed by atoms with Crippen molar-refractivity contribution in [1.82, 2.24) is 9.21 Å². The number of ether oxygens (including phenoxy) is 1. The van der Waals surface area contributed by atoms with Crippen molar-refractivity contribution >= 4 is 33.3 Å². The van der Waals surface area contributed by atoms with E-state index < -0.39 is 39.9 Å². The van der Waals surface area contributed by atoms with Gasteiger partial charge < -0.3 is 25.4 Å². The van der Waals surface area contributed by atoms with E-state index in [1.54, 1.807) is 13.0 Å². The summed E-state index contributed by atoms with van der Waals surface area (Å²) in [5.41, 5.74) is 0.850. The minimum absolute atomic E-state index is 0.0645. The molecular weight excluding hydrogens is 491 g/mol. The zero-order valence-corrected chi connectivity index (χ0v) is 21.4. The Morgan fingerprint density at radius 3 is 2.44 bits per heavy atom. The van der Waals surface area contributed by atoms with Crippen molar-refractivity contribution in [2.45, 2.75) is 26.0 Å². The molecular formula is C24H31FN4O6S. The number of amides is 3. The van der Waals surface area contributed by atoms with Crippen LogP contribution in [-0.4, -0.2) is 79.8 Å². The molecule has 0 saturated carbocycles. The van der Waals surface area contributed by atoms with Crippen LogP contribution in [0.2, 0.25) is 0 Å². The lowest BCUT2D eigenvalue weighted by molar-refractivity contribution is 0.0387. The number of anilines is 2. The maximum absolute atomic E-state index is 13.4. The van der Waals surface area contributed by atoms with Crippen molar-refractivity contribution in [2.24, 2.45) is 5.92 Å². The van der Waals surface area contributed by atoms with Crippen LogP contribution in [0.25, 0.3) is 0 Å². The average Bonchev–Trinajstić information content (AvgIpc) is 2.82. The van der Waals surface area contributed by atoms with Crippen LogP contribution >= 0.6 is 0 Å². The molecule has 0 bridgehead atoms. The maximum Gasteiger partial charge on any atom is 0.323 e. The summed E-state index contributed by atoms with van der Waals surface area (Å²) in [5.74, 6) is -0.841. The van der Waals surface area contributed by atoms with Gasteiger partial charge >= 0.3 is 6.03 Å². The molecule has 2 aromatic rings. The first kappa shape index (κ1) is 27.4. The van der Waals surface area contributed by atoms with Crippen LogP contribution in [-0.2, 0) is 10.0 Å². The number of nitrogens with one attached hydrogen (secondary N) is 2. The summed E-state index contributed by atoms with van der Waals surface area (Å²) in [6, 6.07) is 8.71. The molecule has 12 heteroatoms. The highest BCUT2D eigenvalue weighted by molar-refractivity contribution is 7.88. The molecule has 3 N–H and O–H groups in total. The lowest BCUT2D eigenvalue weighted by Gasteiger charge is -2.38. The Hall–Kier alpha value is -3.22. The van der Waals surface area contributed by atoms with Gasteiger partial charge in [-0.2, -0.15) is 0 Å². The van der Waals surface area contributed by atoms with Gasteiger partial charge in [0.1, 0.15) is 17.7 Å². The van der Waals surface area contributed by atoms with Crippen LogP contribution in [0.4, 0.5) is 20.6 Å². The van der Waals surface area contributed by atoms with Gasteiger partial charge in [-0.1, -0.05) is 6.92 Å². The van der Waals surface area contributed by atoms with E-state index >= 15 is 0 Å². The highest BCUT2D eigenvalue weighted by atomic mass is 32.2. The molecule has 3 rings (SSSR count). The van der Waals surface area contributed by atoms with Crippen LogP contribution in [0.5, 0.6) is 5.75 Å². The normalized spacial score (nSPS) is 19.1. The van der Waals surface area contributed by atoms with E-state index in [2.05, 4.69) is 10.6 Å². The molecule has 36 heavy (non-hydrogen) atoms. The number of nitrogens with zero attached hydrogens (tertiary/aromatic N) is 2. The van der Waals surface area contributed by atoms with Crippen LogP contribution in [0, 0.1) is 11.7 Å². The van der Waals surface area contributed by atoms with Gasteiger partial charge in [0.15, 0.2) is 0 Å². The van der Waals surface area contributed by atoms with Crippen LogP contribution < -0.4 is 15.4 Å². The molecule has 3 atom stereocenters. The number of sulfonamides is 1. The number of fused-ring (bicyclic) bond motifs is 1. The number of halogens is 1. The van der Waals surface area contributed by atoms with Gasteiger partial charge in [-0.05, 0) is 49.4 Å². The fraction of sp³-hybridized carbons (Fsp3) is 0.417. The number of likely N-dealkylation sites (N-methyl/N-ethyl adjacent to an activating group) is 1. The molecule has 3 amide bonds. The third kappa shape index (κ3) is 6.71. The van der Waals surface area contributed by atoms with Gasteiger partial charge in [-0.15, -0.1) is 0 Å². The first-order valence-corrected chi connectivity index (χ1v) is 13.2. The van der Waals surface area contributed by atoms with E-state index in [4.69, 9.17) is 4.74 Å². The number of aliphatic hydroxyl groups is 1. The number of carbonyl (C=O) groups excluding carboxylic acids is 2. The fourth-order valence-electron chi connectivity index (χ4n) is 3.73. The molecule has 196 valence electrons. The lowest BCUT2D eigenvalue weighted by atomic mass is 9.99. The number of rotatable bonds is 7. The highest BCUT2D eigenvalue weighted by Crippen LogP contribution is 2.31. The Bertz CT molecular complexity index is 1210. The van der Waals surface area contributed by atoms with E-state index in [0.717, 1.165) is 6.26 Å². The minimum Gasteiger partial charge on any atom is -0.488 e. The molecule has 0 aliphatic carbocycles. The van der Waals surface area contributed by atoms with Gasteiger partial charge in [-0.25, -0.2) is 21.9 Å². The van der Waals surface area contributed by atoms with Crippen molar-refractivity contribution < 1.29 is 32.2 Å². The summed E-state index contributed by atoms with van der Waals surface area (Å²) in [6.07, 6.45) is 0.526. The molecule has 0 unspecified atom stereocenters. The van der Waals surface area contributed by atoms with Crippen molar-refractivity contribution in [3.8, 4) is 5.75 Å². The summed E-state index contributed by atoms with van der Waals surface area (Å²) >= 11 is 0. The number of aliphatic hydroxyl groups excluding tert-OH is 1. The maximum atomic E-state index is 13.4. The Balaban J connectivity index is 1.90. The quantitative estimate of drug-likeness (QED) is 0.513. The van der Waals surface area contributed by atoms with Crippen molar-refractivity contribution in [2.75, 3.05) is 43.6 Å². The zero-order valence-electron chi connectivity index (χ0n) is 20.6. The van der Waals surface area contributed by atoms with Gasteiger partial charge in [-0.3, -0.25) is 4.79 Å². The molecule has 2 aromatic carbocycles.